The summed E-state index contributed by atoms with van der Waals surface area (Å²) in [7, 11) is 1.58. The lowest BCUT2D eigenvalue weighted by molar-refractivity contribution is -0.138. The van der Waals surface area contributed by atoms with E-state index in [2.05, 4.69) is 14.7 Å². The van der Waals surface area contributed by atoms with E-state index in [0.717, 1.165) is 11.5 Å². The van der Waals surface area contributed by atoms with Gasteiger partial charge in [-0.25, -0.2) is 9.78 Å². The molecule has 0 aromatic carbocycles. The van der Waals surface area contributed by atoms with Gasteiger partial charge in [-0.15, -0.1) is 0 Å². The van der Waals surface area contributed by atoms with E-state index in [1.165, 1.54) is 0 Å². The van der Waals surface area contributed by atoms with Crippen molar-refractivity contribution in [3.8, 4) is 0 Å². The van der Waals surface area contributed by atoms with E-state index in [9.17, 15) is 4.79 Å². The summed E-state index contributed by atoms with van der Waals surface area (Å²) in [5.74, 6) is -0.0113. The third-order valence-corrected chi connectivity index (χ3v) is 3.12. The summed E-state index contributed by atoms with van der Waals surface area (Å²) < 4.78 is 9.23. The Bertz CT molecular complexity index is 395. The van der Waals surface area contributed by atoms with Crippen LogP contribution >= 0.6 is 11.5 Å². The van der Waals surface area contributed by atoms with E-state index in [0.29, 0.717) is 23.3 Å². The van der Waals surface area contributed by atoms with Gasteiger partial charge in [-0.3, -0.25) is 0 Å². The maximum Gasteiger partial charge on any atom is 0.326 e. The molecular formula is C11H19N3O3S. The molecule has 6 nitrogen and oxygen atoms in total. The quantitative estimate of drug-likeness (QED) is 0.792. The Morgan fingerprint density at radius 2 is 2.17 bits per heavy atom. The Morgan fingerprint density at radius 1 is 1.50 bits per heavy atom. The van der Waals surface area contributed by atoms with Crippen LogP contribution in [0.4, 0.5) is 5.13 Å². The van der Waals surface area contributed by atoms with Crippen LogP contribution in [0, 0.1) is 5.92 Å². The largest absolute Gasteiger partial charge is 0.480 e. The predicted molar refractivity (Wildman–Crippen MR) is 69.8 cm³/mol. The number of methoxy groups -OCH3 is 1. The molecule has 2 atom stereocenters. The molecule has 102 valence electrons. The van der Waals surface area contributed by atoms with Crippen molar-refractivity contribution in [1.82, 2.24) is 9.36 Å². The fourth-order valence-electron chi connectivity index (χ4n) is 1.41. The van der Waals surface area contributed by atoms with Crippen LogP contribution in [0.1, 0.15) is 39.1 Å². The summed E-state index contributed by atoms with van der Waals surface area (Å²) in [4.78, 5) is 15.3. The Hall–Kier alpha value is -1.21. The molecule has 7 heteroatoms. The number of anilines is 1. The third-order valence-electron chi connectivity index (χ3n) is 2.46. The zero-order valence-electron chi connectivity index (χ0n) is 11.0. The number of nitrogens with one attached hydrogen (secondary N) is 1. The summed E-state index contributed by atoms with van der Waals surface area (Å²) in [5, 5.41) is 12.5. The van der Waals surface area contributed by atoms with Crippen LogP contribution in [0.3, 0.4) is 0 Å². The third kappa shape index (κ3) is 4.23. The van der Waals surface area contributed by atoms with Crippen LogP contribution in [0.15, 0.2) is 0 Å². The van der Waals surface area contributed by atoms with Gasteiger partial charge in [-0.2, -0.15) is 4.37 Å². The van der Waals surface area contributed by atoms with E-state index in [-0.39, 0.29) is 6.10 Å². The smallest absolute Gasteiger partial charge is 0.326 e. The number of carboxylic acid groups (broad SMARTS) is 1. The second-order valence-electron chi connectivity index (χ2n) is 4.50. The average molecular weight is 273 g/mol. The van der Waals surface area contributed by atoms with E-state index in [4.69, 9.17) is 9.84 Å². The predicted octanol–water partition coefficient (Wildman–Crippen LogP) is 2.16. The number of hydrogen-bond acceptors (Lipinski definition) is 6. The van der Waals surface area contributed by atoms with Crippen molar-refractivity contribution < 1.29 is 14.6 Å². The summed E-state index contributed by atoms with van der Waals surface area (Å²) in [6.45, 7) is 5.81. The number of aromatic nitrogens is 2. The van der Waals surface area contributed by atoms with Crippen molar-refractivity contribution in [2.24, 2.45) is 5.92 Å². The van der Waals surface area contributed by atoms with Gasteiger partial charge in [-0.1, -0.05) is 13.8 Å². The molecule has 0 spiro atoms. The molecular weight excluding hydrogens is 254 g/mol. The molecule has 0 saturated heterocycles. The number of carbonyl (C=O) groups is 1. The maximum absolute atomic E-state index is 11.1. The Balaban J connectivity index is 2.69. The average Bonchev–Trinajstić information content (AvgIpc) is 2.75. The first-order valence-electron chi connectivity index (χ1n) is 5.79. The monoisotopic (exact) mass is 273 g/mol. The lowest BCUT2D eigenvalue weighted by atomic mass is 10.0. The van der Waals surface area contributed by atoms with E-state index in [1.807, 2.05) is 20.8 Å². The second-order valence-corrected chi connectivity index (χ2v) is 5.25. The fourth-order valence-corrected chi connectivity index (χ4v) is 2.10. The van der Waals surface area contributed by atoms with Crippen molar-refractivity contribution in [3.63, 3.8) is 0 Å². The molecule has 1 rings (SSSR count). The Morgan fingerprint density at radius 3 is 2.67 bits per heavy atom. The van der Waals surface area contributed by atoms with Gasteiger partial charge in [-0.05, 0) is 19.3 Å². The lowest BCUT2D eigenvalue weighted by Gasteiger charge is -2.15. The first-order valence-corrected chi connectivity index (χ1v) is 6.57. The number of rotatable bonds is 7. The zero-order chi connectivity index (χ0) is 13.7. The van der Waals surface area contributed by atoms with Gasteiger partial charge in [0, 0.05) is 18.6 Å². The highest BCUT2D eigenvalue weighted by Crippen LogP contribution is 2.20. The molecule has 0 aliphatic rings. The van der Waals surface area contributed by atoms with Gasteiger partial charge in [0.15, 0.2) is 5.82 Å². The second kappa shape index (κ2) is 6.65. The molecule has 2 N–H and O–H groups in total. The zero-order valence-corrected chi connectivity index (χ0v) is 11.8. The number of ether oxygens (including phenoxy) is 1. The lowest BCUT2D eigenvalue weighted by Crippen LogP contribution is -2.30. The van der Waals surface area contributed by atoms with Gasteiger partial charge in [0.25, 0.3) is 0 Å². The Kier molecular flexibility index (Phi) is 5.49. The molecule has 0 fully saturated rings. The fraction of sp³-hybridized carbons (Fsp3) is 0.727. The molecule has 0 aliphatic heterocycles. The van der Waals surface area contributed by atoms with E-state index >= 15 is 0 Å². The van der Waals surface area contributed by atoms with Gasteiger partial charge in [0.2, 0.25) is 5.13 Å². The molecule has 0 amide bonds. The minimum atomic E-state index is -0.875. The molecule has 0 aliphatic carbocycles. The molecule has 1 heterocycles. The molecule has 1 aromatic rings. The minimum Gasteiger partial charge on any atom is -0.480 e. The topological polar surface area (TPSA) is 84.3 Å². The molecule has 0 bridgehead atoms. The molecule has 18 heavy (non-hydrogen) atoms. The van der Waals surface area contributed by atoms with Crippen LogP contribution in [0.25, 0.3) is 0 Å². The standard InChI is InChI=1S/C11H19N3O3S/c1-6(2)5-8(10(15)16)12-11-13-9(14-18-11)7(3)17-4/h6-8H,5H2,1-4H3,(H,15,16)(H,12,13,14)/t7?,8-/m0/s1. The highest BCUT2D eigenvalue weighted by atomic mass is 32.1. The molecule has 1 unspecified atom stereocenters. The molecule has 1 aromatic heterocycles. The Labute approximate surface area is 111 Å². The first kappa shape index (κ1) is 14.8. The van der Waals surface area contributed by atoms with Gasteiger partial charge >= 0.3 is 5.97 Å². The van der Waals surface area contributed by atoms with E-state index < -0.39 is 12.0 Å². The number of nitrogens with zero attached hydrogens (tertiary/aromatic N) is 2. The number of aliphatic carboxylic acids is 1. The van der Waals surface area contributed by atoms with Crippen molar-refractivity contribution >= 4 is 22.6 Å². The first-order chi connectivity index (χ1) is 8.43. The van der Waals surface area contributed by atoms with Crippen molar-refractivity contribution in [1.29, 1.82) is 0 Å². The van der Waals surface area contributed by atoms with Crippen molar-refractivity contribution in [2.75, 3.05) is 12.4 Å². The maximum atomic E-state index is 11.1. The molecule has 0 saturated carbocycles. The summed E-state index contributed by atoms with van der Waals surface area (Å²) >= 11 is 1.15. The highest BCUT2D eigenvalue weighted by molar-refractivity contribution is 7.09. The van der Waals surface area contributed by atoms with Crippen LogP contribution in [0.2, 0.25) is 0 Å². The SMILES string of the molecule is COC(C)c1nsc(N[C@@H](CC(C)C)C(=O)O)n1. The summed E-state index contributed by atoms with van der Waals surface area (Å²) in [5.41, 5.74) is 0. The van der Waals surface area contributed by atoms with Crippen molar-refractivity contribution in [2.45, 2.75) is 39.3 Å². The summed E-state index contributed by atoms with van der Waals surface area (Å²) in [6, 6.07) is -0.636. The highest BCUT2D eigenvalue weighted by Gasteiger charge is 2.21. The minimum absolute atomic E-state index is 0.190. The molecule has 0 radical (unpaired) electrons. The summed E-state index contributed by atoms with van der Waals surface area (Å²) in [6.07, 6.45) is 0.356. The van der Waals surface area contributed by atoms with Crippen LogP contribution in [-0.4, -0.2) is 33.6 Å². The number of hydrogen-bond donors (Lipinski definition) is 2. The van der Waals surface area contributed by atoms with Gasteiger partial charge < -0.3 is 15.2 Å². The van der Waals surface area contributed by atoms with Crippen molar-refractivity contribution in [3.05, 3.63) is 5.82 Å². The van der Waals surface area contributed by atoms with Crippen LogP contribution < -0.4 is 5.32 Å². The normalized spacial score (nSPS) is 14.5. The van der Waals surface area contributed by atoms with Crippen LogP contribution in [-0.2, 0) is 9.53 Å². The van der Waals surface area contributed by atoms with E-state index in [1.54, 1.807) is 7.11 Å². The van der Waals surface area contributed by atoms with Crippen LogP contribution in [0.5, 0.6) is 0 Å². The number of carboxylic acids is 1. The van der Waals surface area contributed by atoms with Gasteiger partial charge in [0.05, 0.1) is 0 Å². The van der Waals surface area contributed by atoms with Gasteiger partial charge in [0.1, 0.15) is 12.1 Å².